The van der Waals surface area contributed by atoms with Crippen molar-refractivity contribution in [2.24, 2.45) is 4.99 Å². The molecular weight excluding hydrogens is 248 g/mol. The summed E-state index contributed by atoms with van der Waals surface area (Å²) in [5, 5.41) is 8.98. The largest absolute Gasteiger partial charge is 0.395 e. The zero-order valence-electron chi connectivity index (χ0n) is 13.1. The van der Waals surface area contributed by atoms with Gasteiger partial charge in [-0.1, -0.05) is 38.3 Å². The Bertz CT molecular complexity index is 276. The number of allylic oxidation sites excluding steroid dienone is 2. The molecule has 0 aromatic rings. The fourth-order valence-corrected chi connectivity index (χ4v) is 2.63. The van der Waals surface area contributed by atoms with Crippen molar-refractivity contribution in [2.45, 2.75) is 70.9 Å². The Balaban J connectivity index is 1.94. The van der Waals surface area contributed by atoms with Crippen LogP contribution in [-0.4, -0.2) is 42.1 Å². The van der Waals surface area contributed by atoms with Crippen LogP contribution >= 0.6 is 0 Å². The molecule has 0 amide bonds. The van der Waals surface area contributed by atoms with Gasteiger partial charge in [-0.25, -0.2) is 0 Å². The second kappa shape index (κ2) is 12.1. The van der Waals surface area contributed by atoms with Crippen molar-refractivity contribution in [3.63, 3.8) is 0 Å². The molecule has 116 valence electrons. The van der Waals surface area contributed by atoms with Gasteiger partial charge in [0.25, 0.3) is 0 Å². The van der Waals surface area contributed by atoms with E-state index >= 15 is 0 Å². The fourth-order valence-electron chi connectivity index (χ4n) is 2.63. The van der Waals surface area contributed by atoms with Crippen molar-refractivity contribution >= 4 is 6.21 Å². The molecule has 1 N–H and O–H groups in total. The molecule has 0 saturated carbocycles. The number of nitrogens with zero attached hydrogens (tertiary/aromatic N) is 2. The van der Waals surface area contributed by atoms with Crippen molar-refractivity contribution in [3.05, 3.63) is 12.2 Å². The molecule has 0 spiro atoms. The molecule has 3 heteroatoms. The summed E-state index contributed by atoms with van der Waals surface area (Å²) < 4.78 is 0. The molecule has 0 aliphatic carbocycles. The number of aliphatic hydroxyl groups excluding tert-OH is 1. The van der Waals surface area contributed by atoms with Gasteiger partial charge in [-0.3, -0.25) is 9.89 Å². The van der Waals surface area contributed by atoms with Crippen LogP contribution in [0.4, 0.5) is 0 Å². The normalized spacial score (nSPS) is 19.4. The van der Waals surface area contributed by atoms with Crippen LogP contribution in [0.1, 0.15) is 64.7 Å². The molecule has 0 radical (unpaired) electrons. The van der Waals surface area contributed by atoms with Gasteiger partial charge in [-0.2, -0.15) is 0 Å². The smallest absolute Gasteiger partial charge is 0.102 e. The maximum Gasteiger partial charge on any atom is 0.102 e. The van der Waals surface area contributed by atoms with Crippen LogP contribution in [0.5, 0.6) is 0 Å². The molecular formula is C17H32N2O. The first-order valence-corrected chi connectivity index (χ1v) is 8.40. The van der Waals surface area contributed by atoms with E-state index < -0.39 is 0 Å². The van der Waals surface area contributed by atoms with Crippen LogP contribution in [0.25, 0.3) is 0 Å². The van der Waals surface area contributed by atoms with E-state index in [1.165, 1.54) is 51.4 Å². The lowest BCUT2D eigenvalue weighted by atomic mass is 10.1. The van der Waals surface area contributed by atoms with Crippen LogP contribution in [-0.2, 0) is 0 Å². The lowest BCUT2D eigenvalue weighted by Gasteiger charge is -2.21. The summed E-state index contributed by atoms with van der Waals surface area (Å²) in [7, 11) is 0. The van der Waals surface area contributed by atoms with E-state index in [1.54, 1.807) is 0 Å². The highest BCUT2D eigenvalue weighted by atomic mass is 16.3. The maximum atomic E-state index is 8.98. The molecule has 1 aliphatic rings. The highest BCUT2D eigenvalue weighted by Crippen LogP contribution is 2.14. The standard InChI is InChI=1S/C17H32N2O/c1-2-3-4-5-6-7-8-9-10-11-12-17-18-13-14-19(17)15-16-20/h7-8,13,17,20H,2-6,9-12,14-16H2,1H3/b8-7+. The van der Waals surface area contributed by atoms with Crippen LogP contribution in [0.15, 0.2) is 17.1 Å². The topological polar surface area (TPSA) is 35.8 Å². The number of hydrogen-bond acceptors (Lipinski definition) is 3. The van der Waals surface area contributed by atoms with Gasteiger partial charge in [0.15, 0.2) is 0 Å². The van der Waals surface area contributed by atoms with Gasteiger partial charge in [0.2, 0.25) is 0 Å². The lowest BCUT2D eigenvalue weighted by Crippen LogP contribution is -2.32. The van der Waals surface area contributed by atoms with Crippen molar-refractivity contribution in [1.29, 1.82) is 0 Å². The highest BCUT2D eigenvalue weighted by molar-refractivity contribution is 5.62. The van der Waals surface area contributed by atoms with Crippen molar-refractivity contribution in [1.82, 2.24) is 4.90 Å². The number of aliphatic hydroxyl groups is 1. The molecule has 0 bridgehead atoms. The first-order chi connectivity index (χ1) is 9.88. The molecule has 0 fully saturated rings. The predicted octanol–water partition coefficient (Wildman–Crippen LogP) is 3.78. The van der Waals surface area contributed by atoms with Crippen LogP contribution in [0, 0.1) is 0 Å². The summed E-state index contributed by atoms with van der Waals surface area (Å²) in [5.41, 5.74) is 0. The van der Waals surface area contributed by atoms with Gasteiger partial charge < -0.3 is 5.11 Å². The summed E-state index contributed by atoms with van der Waals surface area (Å²) in [6.07, 6.45) is 18.5. The zero-order chi connectivity index (χ0) is 14.5. The first kappa shape index (κ1) is 17.4. The molecule has 0 aromatic carbocycles. The van der Waals surface area contributed by atoms with Crippen LogP contribution in [0.2, 0.25) is 0 Å². The highest BCUT2D eigenvalue weighted by Gasteiger charge is 2.19. The summed E-state index contributed by atoms with van der Waals surface area (Å²) >= 11 is 0. The summed E-state index contributed by atoms with van der Waals surface area (Å²) in [6.45, 7) is 4.15. The molecule has 0 saturated heterocycles. The van der Waals surface area contributed by atoms with E-state index in [9.17, 15) is 0 Å². The molecule has 1 heterocycles. The molecule has 0 aromatic heterocycles. The van der Waals surface area contributed by atoms with Gasteiger partial charge in [-0.05, 0) is 38.5 Å². The van der Waals surface area contributed by atoms with Gasteiger partial charge in [0, 0.05) is 19.3 Å². The van der Waals surface area contributed by atoms with E-state index in [0.29, 0.717) is 6.17 Å². The number of rotatable bonds is 12. The molecule has 3 nitrogen and oxygen atoms in total. The monoisotopic (exact) mass is 280 g/mol. The molecule has 1 rings (SSSR count). The molecule has 1 unspecified atom stereocenters. The minimum absolute atomic E-state index is 0.237. The average molecular weight is 280 g/mol. The van der Waals surface area contributed by atoms with Crippen LogP contribution < -0.4 is 0 Å². The summed E-state index contributed by atoms with van der Waals surface area (Å²) in [5.74, 6) is 0. The van der Waals surface area contributed by atoms with E-state index in [4.69, 9.17) is 5.11 Å². The van der Waals surface area contributed by atoms with E-state index in [1.807, 2.05) is 6.21 Å². The third-order valence-electron chi connectivity index (χ3n) is 3.88. The average Bonchev–Trinajstić information content (AvgIpc) is 2.89. The Hall–Kier alpha value is -0.670. The maximum absolute atomic E-state index is 8.98. The quantitative estimate of drug-likeness (QED) is 0.436. The second-order valence-corrected chi connectivity index (χ2v) is 5.64. The molecule has 20 heavy (non-hydrogen) atoms. The zero-order valence-corrected chi connectivity index (χ0v) is 13.1. The Kier molecular flexibility index (Phi) is 10.5. The van der Waals surface area contributed by atoms with Gasteiger partial charge in [-0.15, -0.1) is 0 Å². The SMILES string of the molecule is CCCCCC/C=C/CCCCC1N=CCN1CCO. The minimum atomic E-state index is 0.237. The number of unbranched alkanes of at least 4 members (excludes halogenated alkanes) is 6. The van der Waals surface area contributed by atoms with Crippen LogP contribution in [0.3, 0.4) is 0 Å². The lowest BCUT2D eigenvalue weighted by molar-refractivity contribution is 0.176. The summed E-state index contributed by atoms with van der Waals surface area (Å²) in [6, 6.07) is 0. The summed E-state index contributed by atoms with van der Waals surface area (Å²) in [4.78, 5) is 6.74. The Morgan fingerprint density at radius 1 is 1.15 bits per heavy atom. The van der Waals surface area contributed by atoms with Crippen molar-refractivity contribution in [2.75, 3.05) is 19.7 Å². The third kappa shape index (κ3) is 7.81. The number of aliphatic imine (C=N–C) groups is 1. The fraction of sp³-hybridized carbons (Fsp3) is 0.824. The number of hydrogen-bond donors (Lipinski definition) is 1. The Morgan fingerprint density at radius 2 is 1.90 bits per heavy atom. The van der Waals surface area contributed by atoms with E-state index in [0.717, 1.165) is 19.5 Å². The Labute approximate surface area is 124 Å². The van der Waals surface area contributed by atoms with Gasteiger partial charge in [0.1, 0.15) is 6.17 Å². The third-order valence-corrected chi connectivity index (χ3v) is 3.88. The molecule has 1 aliphatic heterocycles. The first-order valence-electron chi connectivity index (χ1n) is 8.40. The van der Waals surface area contributed by atoms with Gasteiger partial charge >= 0.3 is 0 Å². The minimum Gasteiger partial charge on any atom is -0.395 e. The molecule has 1 atom stereocenters. The Morgan fingerprint density at radius 3 is 2.60 bits per heavy atom. The van der Waals surface area contributed by atoms with Crippen molar-refractivity contribution < 1.29 is 5.11 Å². The second-order valence-electron chi connectivity index (χ2n) is 5.64. The van der Waals surface area contributed by atoms with E-state index in [-0.39, 0.29) is 6.61 Å². The van der Waals surface area contributed by atoms with Gasteiger partial charge in [0.05, 0.1) is 6.61 Å². The van der Waals surface area contributed by atoms with E-state index in [2.05, 4.69) is 29.0 Å². The number of β-amino-alcohol motifs (C(OH)–C–C–N with tert-alkyl or cyclic N) is 1. The van der Waals surface area contributed by atoms with Crippen molar-refractivity contribution in [3.8, 4) is 0 Å². The predicted molar refractivity (Wildman–Crippen MR) is 87.3 cm³/mol.